The Morgan fingerprint density at radius 1 is 1.14 bits per heavy atom. The quantitative estimate of drug-likeness (QED) is 0.407. The van der Waals surface area contributed by atoms with Gasteiger partial charge in [-0.15, -0.1) is 0 Å². The number of ether oxygens (including phenoxy) is 2. The first kappa shape index (κ1) is 23.9. The molecule has 4 fully saturated rings. The molecule has 0 spiro atoms. The Bertz CT molecular complexity index is 630. The van der Waals surface area contributed by atoms with Crippen LogP contribution in [0.25, 0.3) is 0 Å². The zero-order valence-electron chi connectivity index (χ0n) is 16.8. The van der Waals surface area contributed by atoms with Gasteiger partial charge < -0.3 is 28.5 Å². The minimum absolute atomic E-state index is 0. The molecule has 2 aliphatic heterocycles. The van der Waals surface area contributed by atoms with E-state index >= 15 is 0 Å². The molecule has 0 amide bonds. The van der Waals surface area contributed by atoms with Crippen molar-refractivity contribution in [2.75, 3.05) is 6.61 Å². The molecule has 153 valence electrons. The fraction of sp³-hybridized carbons (Fsp3) is 1.00. The zero-order chi connectivity index (χ0) is 19.4. The largest absolute Gasteiger partial charge is 0.756 e. The summed E-state index contributed by atoms with van der Waals surface area (Å²) in [6, 6.07) is -0.244. The molecule has 7 nitrogen and oxygen atoms in total. The van der Waals surface area contributed by atoms with E-state index in [1.54, 1.807) is 0 Å². The van der Waals surface area contributed by atoms with E-state index in [-0.39, 0.29) is 63.2 Å². The predicted molar refractivity (Wildman–Crippen MR) is 98.6 cm³/mol. The Labute approximate surface area is 194 Å². The molecule has 3 radical (unpaired) electrons. The number of phosphoric acid groups is 1. The van der Waals surface area contributed by atoms with Crippen molar-refractivity contribution < 1.29 is 65.8 Å². The number of aliphatic hydroxyl groups excluding tert-OH is 1. The fourth-order valence-corrected chi connectivity index (χ4v) is 6.73. The van der Waals surface area contributed by atoms with Crippen LogP contribution in [-0.4, -0.2) is 61.7 Å². The SMILES string of the molecule is C[B][C@@H]1O[C@@]2(COP(=O)([O-])OC3[C@@H]4CC[C@]3(CC)O[C@H]4[B]C)CC[C@H]1C2O.[Y]. The maximum Gasteiger partial charge on any atom is 0.268 e. The summed E-state index contributed by atoms with van der Waals surface area (Å²) in [5.41, 5.74) is -1.52. The molecule has 9 atom stereocenters. The van der Waals surface area contributed by atoms with E-state index in [1.807, 2.05) is 35.1 Å². The number of aliphatic hydroxyl groups is 1. The molecule has 28 heavy (non-hydrogen) atoms. The van der Waals surface area contributed by atoms with Gasteiger partial charge in [0.05, 0.1) is 24.4 Å². The van der Waals surface area contributed by atoms with E-state index in [0.29, 0.717) is 12.8 Å². The van der Waals surface area contributed by atoms with E-state index < -0.39 is 31.2 Å². The van der Waals surface area contributed by atoms with Crippen molar-refractivity contribution in [3.05, 3.63) is 0 Å². The maximum absolute atomic E-state index is 12.6. The van der Waals surface area contributed by atoms with Crippen LogP contribution >= 0.6 is 7.82 Å². The molecule has 2 heterocycles. The number of fused-ring (bicyclic) bond motifs is 4. The molecular formula is C17H28B2O7PY-. The molecule has 3 unspecified atom stereocenters. The van der Waals surface area contributed by atoms with Gasteiger partial charge in [0.2, 0.25) is 0 Å². The summed E-state index contributed by atoms with van der Waals surface area (Å²) in [6.07, 6.45) is 2.52. The van der Waals surface area contributed by atoms with Crippen molar-refractivity contribution in [2.24, 2.45) is 11.8 Å². The van der Waals surface area contributed by atoms with Gasteiger partial charge in [0.15, 0.2) is 0 Å². The molecule has 0 aromatic carbocycles. The summed E-state index contributed by atoms with van der Waals surface area (Å²) in [4.78, 5) is 12.6. The van der Waals surface area contributed by atoms with E-state index in [1.165, 1.54) is 0 Å². The Balaban J connectivity index is 0.00000225. The Morgan fingerprint density at radius 2 is 1.71 bits per heavy atom. The third kappa shape index (κ3) is 3.80. The third-order valence-electron chi connectivity index (χ3n) is 7.20. The first-order valence-corrected chi connectivity index (χ1v) is 11.5. The van der Waals surface area contributed by atoms with Crippen LogP contribution in [0.2, 0.25) is 13.6 Å². The summed E-state index contributed by atoms with van der Waals surface area (Å²) >= 11 is 0. The predicted octanol–water partition coefficient (Wildman–Crippen LogP) is 1.14. The molecule has 0 aromatic heterocycles. The molecule has 4 bridgehead atoms. The minimum atomic E-state index is -4.56. The maximum atomic E-state index is 12.6. The van der Waals surface area contributed by atoms with E-state index in [2.05, 4.69) is 0 Å². The Morgan fingerprint density at radius 3 is 2.32 bits per heavy atom. The Hall–Kier alpha value is 1.22. The smallest absolute Gasteiger partial charge is 0.268 e. The summed E-state index contributed by atoms with van der Waals surface area (Å²) in [7, 11) is -0.686. The van der Waals surface area contributed by atoms with Gasteiger partial charge >= 0.3 is 0 Å². The monoisotopic (exact) mass is 486 g/mol. The zero-order valence-corrected chi connectivity index (χ0v) is 20.5. The fourth-order valence-electron chi connectivity index (χ4n) is 5.67. The van der Waals surface area contributed by atoms with Crippen molar-refractivity contribution >= 4 is 22.4 Å². The summed E-state index contributed by atoms with van der Waals surface area (Å²) in [5.74, 6) is 0.0380. The second kappa shape index (κ2) is 8.63. The van der Waals surface area contributed by atoms with Crippen LogP contribution in [0, 0.1) is 11.8 Å². The van der Waals surface area contributed by atoms with Gasteiger partial charge in [0.1, 0.15) is 20.2 Å². The van der Waals surface area contributed by atoms with Gasteiger partial charge in [-0.2, -0.15) is 0 Å². The molecule has 11 heteroatoms. The molecule has 2 saturated heterocycles. The topological polar surface area (TPSA) is 97.3 Å². The van der Waals surface area contributed by atoms with E-state index in [4.69, 9.17) is 18.5 Å². The second-order valence-corrected chi connectivity index (χ2v) is 9.77. The first-order valence-electron chi connectivity index (χ1n) is 10.1. The van der Waals surface area contributed by atoms with Crippen LogP contribution in [0.3, 0.4) is 0 Å². The average Bonchev–Trinajstić information content (AvgIpc) is 3.35. The van der Waals surface area contributed by atoms with Gasteiger partial charge in [-0.1, -0.05) is 20.6 Å². The number of phosphoric ester groups is 1. The first-order chi connectivity index (χ1) is 12.8. The molecule has 0 aromatic rings. The van der Waals surface area contributed by atoms with Gasteiger partial charge in [-0.05, 0) is 32.1 Å². The van der Waals surface area contributed by atoms with Crippen molar-refractivity contribution in [2.45, 2.75) is 88.1 Å². The van der Waals surface area contributed by atoms with Gasteiger partial charge in [0, 0.05) is 56.6 Å². The van der Waals surface area contributed by atoms with Gasteiger partial charge in [0.25, 0.3) is 7.82 Å². The van der Waals surface area contributed by atoms with Crippen molar-refractivity contribution in [1.82, 2.24) is 0 Å². The third-order valence-corrected chi connectivity index (χ3v) is 8.14. The molecule has 4 aliphatic rings. The van der Waals surface area contributed by atoms with Crippen molar-refractivity contribution in [1.29, 1.82) is 0 Å². The van der Waals surface area contributed by atoms with Crippen LogP contribution in [0.1, 0.15) is 39.0 Å². The van der Waals surface area contributed by atoms with Crippen LogP contribution < -0.4 is 4.89 Å². The molecule has 2 aliphatic carbocycles. The van der Waals surface area contributed by atoms with Crippen LogP contribution in [-0.2, 0) is 55.8 Å². The summed E-state index contributed by atoms with van der Waals surface area (Å²) in [6.45, 7) is 5.59. The normalized spacial score (nSPS) is 48.3. The average molecular weight is 486 g/mol. The standard InChI is InChI=1S/C17H29B2O7P.Y/c1-4-16-7-6-11(15(19-3)24-16)13(16)26-27(21,22)23-9-17-8-5-10(12(17)20)14(18-2)25-17;/h10-15,20H,4-9H2,1-3H3,(H,21,22);/p-1/t10-,11-,12?,13?,14+,15+,16-,17+;/m0./s1. The number of hydrogen-bond donors (Lipinski definition) is 1. The van der Waals surface area contributed by atoms with E-state index in [9.17, 15) is 14.6 Å². The summed E-state index contributed by atoms with van der Waals surface area (Å²) in [5, 5.41) is 10.5. The van der Waals surface area contributed by atoms with Gasteiger partial charge in [-0.25, -0.2) is 0 Å². The van der Waals surface area contributed by atoms with Crippen LogP contribution in [0.15, 0.2) is 0 Å². The molecular weight excluding hydrogens is 458 g/mol. The number of hydrogen-bond acceptors (Lipinski definition) is 7. The number of rotatable bonds is 8. The molecule has 4 rings (SSSR count). The summed E-state index contributed by atoms with van der Waals surface area (Å²) < 4.78 is 35.5. The van der Waals surface area contributed by atoms with Crippen molar-refractivity contribution in [3.63, 3.8) is 0 Å². The molecule has 2 saturated carbocycles. The molecule has 1 N–H and O–H groups in total. The minimum Gasteiger partial charge on any atom is -0.756 e. The Kier molecular flexibility index (Phi) is 7.36. The van der Waals surface area contributed by atoms with Crippen LogP contribution in [0.5, 0.6) is 0 Å². The van der Waals surface area contributed by atoms with Crippen LogP contribution in [0.4, 0.5) is 0 Å². The van der Waals surface area contributed by atoms with Crippen molar-refractivity contribution in [3.8, 4) is 0 Å². The van der Waals surface area contributed by atoms with E-state index in [0.717, 1.165) is 19.3 Å². The van der Waals surface area contributed by atoms with Gasteiger partial charge in [-0.3, -0.25) is 4.57 Å². The second-order valence-electron chi connectivity index (χ2n) is 8.41.